The molecule has 3 rings (SSSR count). The van der Waals surface area contributed by atoms with Crippen LogP contribution in [0.2, 0.25) is 0 Å². The Morgan fingerprint density at radius 2 is 1.89 bits per heavy atom. The van der Waals surface area contributed by atoms with Crippen molar-refractivity contribution in [3.63, 3.8) is 0 Å². The van der Waals surface area contributed by atoms with Crippen molar-refractivity contribution in [2.24, 2.45) is 0 Å². The van der Waals surface area contributed by atoms with E-state index in [4.69, 9.17) is 0 Å². The molecule has 0 bridgehead atoms. The fourth-order valence-electron chi connectivity index (χ4n) is 2.17. The number of pyridine rings is 1. The minimum atomic E-state index is -0.142. The molecule has 0 spiro atoms. The van der Waals surface area contributed by atoms with Crippen molar-refractivity contribution in [1.82, 2.24) is 15.2 Å². The third kappa shape index (κ3) is 2.25. The lowest BCUT2D eigenvalue weighted by molar-refractivity contribution is 0.932. The first kappa shape index (κ1) is 11.6. The average molecular weight is 251 g/mol. The van der Waals surface area contributed by atoms with Gasteiger partial charge in [-0.2, -0.15) is 5.10 Å². The van der Waals surface area contributed by atoms with Gasteiger partial charge in [-0.05, 0) is 30.7 Å². The first-order valence-electron chi connectivity index (χ1n) is 6.11. The summed E-state index contributed by atoms with van der Waals surface area (Å²) in [6.45, 7) is 1.97. The fourth-order valence-corrected chi connectivity index (χ4v) is 2.17. The van der Waals surface area contributed by atoms with Crippen LogP contribution in [-0.2, 0) is 6.42 Å². The second-order valence-electron chi connectivity index (χ2n) is 4.58. The highest BCUT2D eigenvalue weighted by atomic mass is 16.1. The van der Waals surface area contributed by atoms with Crippen molar-refractivity contribution >= 4 is 10.8 Å². The molecule has 19 heavy (non-hydrogen) atoms. The van der Waals surface area contributed by atoms with Gasteiger partial charge in [-0.15, -0.1) is 0 Å². The summed E-state index contributed by atoms with van der Waals surface area (Å²) in [6, 6.07) is 9.76. The molecule has 0 aliphatic heterocycles. The maximum atomic E-state index is 11.8. The van der Waals surface area contributed by atoms with E-state index in [9.17, 15) is 4.79 Å². The molecule has 3 aromatic rings. The number of aryl methyl sites for hydroxylation is 1. The molecule has 0 radical (unpaired) electrons. The molecule has 4 nitrogen and oxygen atoms in total. The number of benzene rings is 1. The van der Waals surface area contributed by atoms with Gasteiger partial charge in [0.25, 0.3) is 5.56 Å². The van der Waals surface area contributed by atoms with E-state index in [2.05, 4.69) is 15.2 Å². The zero-order valence-electron chi connectivity index (χ0n) is 10.6. The molecular weight excluding hydrogens is 238 g/mol. The highest BCUT2D eigenvalue weighted by Crippen LogP contribution is 2.17. The van der Waals surface area contributed by atoms with Gasteiger partial charge in [0.1, 0.15) is 0 Å². The summed E-state index contributed by atoms with van der Waals surface area (Å²) < 4.78 is 0. The Hall–Kier alpha value is -2.49. The molecule has 0 atom stereocenters. The van der Waals surface area contributed by atoms with E-state index in [1.54, 1.807) is 12.4 Å². The Kier molecular flexibility index (Phi) is 2.83. The van der Waals surface area contributed by atoms with Crippen molar-refractivity contribution < 1.29 is 0 Å². The average Bonchev–Trinajstić information content (AvgIpc) is 2.43. The van der Waals surface area contributed by atoms with Crippen LogP contribution in [0.1, 0.15) is 16.8 Å². The van der Waals surface area contributed by atoms with E-state index in [0.29, 0.717) is 11.8 Å². The minimum absolute atomic E-state index is 0.142. The van der Waals surface area contributed by atoms with Crippen molar-refractivity contribution in [3.05, 3.63) is 69.9 Å². The molecular formula is C15H13N3O. The van der Waals surface area contributed by atoms with Gasteiger partial charge in [0.2, 0.25) is 0 Å². The summed E-state index contributed by atoms with van der Waals surface area (Å²) in [5.74, 6) is 0. The number of hydrogen-bond acceptors (Lipinski definition) is 3. The Morgan fingerprint density at radius 1 is 1.11 bits per heavy atom. The summed E-state index contributed by atoms with van der Waals surface area (Å²) >= 11 is 0. The van der Waals surface area contributed by atoms with Crippen LogP contribution in [0.4, 0.5) is 0 Å². The van der Waals surface area contributed by atoms with Crippen LogP contribution in [0.3, 0.4) is 0 Å². The number of aromatic amines is 1. The lowest BCUT2D eigenvalue weighted by atomic mass is 10.0. The zero-order valence-corrected chi connectivity index (χ0v) is 10.6. The Bertz CT molecular complexity index is 778. The van der Waals surface area contributed by atoms with Gasteiger partial charge in [0, 0.05) is 24.2 Å². The summed E-state index contributed by atoms with van der Waals surface area (Å²) in [4.78, 5) is 15.8. The van der Waals surface area contributed by atoms with E-state index in [1.807, 2.05) is 37.3 Å². The first-order valence-corrected chi connectivity index (χ1v) is 6.11. The predicted molar refractivity (Wildman–Crippen MR) is 74.1 cm³/mol. The molecule has 0 fully saturated rings. The monoisotopic (exact) mass is 251 g/mol. The molecule has 0 unspecified atom stereocenters. The third-order valence-electron chi connectivity index (χ3n) is 3.14. The van der Waals surface area contributed by atoms with Crippen molar-refractivity contribution in [2.75, 3.05) is 0 Å². The van der Waals surface area contributed by atoms with Crippen molar-refractivity contribution in [2.45, 2.75) is 13.3 Å². The molecule has 94 valence electrons. The van der Waals surface area contributed by atoms with Crippen LogP contribution in [0, 0.1) is 6.92 Å². The molecule has 0 saturated heterocycles. The number of nitrogens with zero attached hydrogens (tertiary/aromatic N) is 2. The summed E-state index contributed by atoms with van der Waals surface area (Å²) in [5, 5.41) is 8.34. The summed E-state index contributed by atoms with van der Waals surface area (Å²) in [6.07, 6.45) is 4.19. The summed E-state index contributed by atoms with van der Waals surface area (Å²) in [7, 11) is 0. The molecule has 2 heterocycles. The summed E-state index contributed by atoms with van der Waals surface area (Å²) in [5.41, 5.74) is 2.92. The van der Waals surface area contributed by atoms with Gasteiger partial charge in [-0.25, -0.2) is 5.10 Å². The Morgan fingerprint density at radius 3 is 2.68 bits per heavy atom. The Balaban J connectivity index is 2.15. The topological polar surface area (TPSA) is 58.6 Å². The van der Waals surface area contributed by atoms with Crippen LogP contribution in [0.5, 0.6) is 0 Å². The maximum absolute atomic E-state index is 11.8. The molecule has 1 N–H and O–H groups in total. The highest BCUT2D eigenvalue weighted by molar-refractivity contribution is 5.84. The largest absolute Gasteiger partial charge is 0.272 e. The van der Waals surface area contributed by atoms with Crippen LogP contribution in [0.15, 0.2) is 47.5 Å². The van der Waals surface area contributed by atoms with Crippen molar-refractivity contribution in [3.8, 4) is 0 Å². The standard InChI is InChI=1S/C15H13N3O/c1-10-2-3-12-13(8-10)15(19)18-17-14(12)9-11-4-6-16-7-5-11/h2-8H,9H2,1H3,(H,18,19). The van der Waals surface area contributed by atoms with Gasteiger partial charge in [0.05, 0.1) is 11.1 Å². The smallest absolute Gasteiger partial charge is 0.267 e. The minimum Gasteiger partial charge on any atom is -0.267 e. The Labute approximate surface area is 110 Å². The maximum Gasteiger partial charge on any atom is 0.272 e. The number of fused-ring (bicyclic) bond motifs is 1. The molecule has 0 amide bonds. The van der Waals surface area contributed by atoms with Crippen LogP contribution >= 0.6 is 0 Å². The highest BCUT2D eigenvalue weighted by Gasteiger charge is 2.07. The van der Waals surface area contributed by atoms with Crippen LogP contribution in [0.25, 0.3) is 10.8 Å². The van der Waals surface area contributed by atoms with Gasteiger partial charge < -0.3 is 0 Å². The normalized spacial score (nSPS) is 10.8. The third-order valence-corrected chi connectivity index (χ3v) is 3.14. The van der Waals surface area contributed by atoms with Gasteiger partial charge in [0.15, 0.2) is 0 Å². The quantitative estimate of drug-likeness (QED) is 0.759. The zero-order chi connectivity index (χ0) is 13.2. The van der Waals surface area contributed by atoms with Crippen molar-refractivity contribution in [1.29, 1.82) is 0 Å². The molecule has 0 saturated carbocycles. The van der Waals surface area contributed by atoms with E-state index < -0.39 is 0 Å². The number of nitrogens with one attached hydrogen (secondary N) is 1. The van der Waals surface area contributed by atoms with Gasteiger partial charge in [-0.1, -0.05) is 17.7 Å². The molecule has 0 aliphatic carbocycles. The number of H-pyrrole nitrogens is 1. The van der Waals surface area contributed by atoms with Gasteiger partial charge >= 0.3 is 0 Å². The first-order chi connectivity index (χ1) is 9.24. The fraction of sp³-hybridized carbons (Fsp3) is 0.133. The van der Waals surface area contributed by atoms with E-state index in [1.165, 1.54) is 0 Å². The molecule has 2 aromatic heterocycles. The number of aromatic nitrogens is 3. The molecule has 1 aromatic carbocycles. The van der Waals surface area contributed by atoms with Crippen LogP contribution < -0.4 is 5.56 Å². The predicted octanol–water partition coefficient (Wildman–Crippen LogP) is 2.22. The number of hydrogen-bond donors (Lipinski definition) is 1. The molecule has 0 aliphatic rings. The van der Waals surface area contributed by atoms with Gasteiger partial charge in [-0.3, -0.25) is 9.78 Å². The van der Waals surface area contributed by atoms with E-state index in [-0.39, 0.29) is 5.56 Å². The molecule has 4 heteroatoms. The second kappa shape index (κ2) is 4.65. The van der Waals surface area contributed by atoms with E-state index >= 15 is 0 Å². The lowest BCUT2D eigenvalue weighted by Crippen LogP contribution is -2.11. The van der Waals surface area contributed by atoms with E-state index in [0.717, 1.165) is 22.2 Å². The second-order valence-corrected chi connectivity index (χ2v) is 4.58. The number of rotatable bonds is 2. The van der Waals surface area contributed by atoms with Crippen LogP contribution in [-0.4, -0.2) is 15.2 Å². The SMILES string of the molecule is Cc1ccc2c(Cc3ccncc3)n[nH]c(=O)c2c1. The lowest BCUT2D eigenvalue weighted by Gasteiger charge is -2.05.